The lowest BCUT2D eigenvalue weighted by atomic mass is 10.0. The number of rotatable bonds is 2. The number of halogens is 1. The molecule has 1 fully saturated rings. The molecule has 1 rings (SSSR count). The van der Waals surface area contributed by atoms with Gasteiger partial charge in [-0.25, -0.2) is 0 Å². The van der Waals surface area contributed by atoms with Gasteiger partial charge in [0.25, 0.3) is 0 Å². The van der Waals surface area contributed by atoms with Crippen LogP contribution >= 0.6 is 22.6 Å². The number of alkyl halides is 1. The van der Waals surface area contributed by atoms with Crippen LogP contribution in [-0.2, 0) is 0 Å². The Bertz CT molecular complexity index is 82.6. The van der Waals surface area contributed by atoms with Crippen LogP contribution in [0.3, 0.4) is 0 Å². The minimum absolute atomic E-state index is 0.715. The summed E-state index contributed by atoms with van der Waals surface area (Å²) in [6.45, 7) is 2.29. The molecule has 0 nitrogen and oxygen atoms in total. The molecule has 0 atom stereocenters. The van der Waals surface area contributed by atoms with E-state index in [4.69, 9.17) is 0 Å². The van der Waals surface area contributed by atoms with Crippen molar-refractivity contribution in [3.05, 3.63) is 0 Å². The van der Waals surface area contributed by atoms with Gasteiger partial charge in [0.1, 0.15) is 0 Å². The van der Waals surface area contributed by atoms with Crippen LogP contribution in [0.1, 0.15) is 45.4 Å². The highest BCUT2D eigenvalue weighted by Crippen LogP contribution is 2.41. The summed E-state index contributed by atoms with van der Waals surface area (Å²) in [6, 6.07) is 0. The second-order valence-electron chi connectivity index (χ2n) is 3.11. The van der Waals surface area contributed by atoms with Gasteiger partial charge in [0.2, 0.25) is 0 Å². The van der Waals surface area contributed by atoms with E-state index >= 15 is 0 Å². The Morgan fingerprint density at radius 3 is 2.33 bits per heavy atom. The molecule has 0 aromatic rings. The van der Waals surface area contributed by atoms with Gasteiger partial charge < -0.3 is 0 Å². The first-order valence-corrected chi connectivity index (χ1v) is 5.04. The molecule has 0 aromatic heterocycles. The quantitative estimate of drug-likeness (QED) is 0.510. The van der Waals surface area contributed by atoms with Gasteiger partial charge in [-0.1, -0.05) is 48.8 Å². The van der Waals surface area contributed by atoms with E-state index in [-0.39, 0.29) is 0 Å². The zero-order valence-electron chi connectivity index (χ0n) is 6.12. The van der Waals surface area contributed by atoms with Crippen LogP contribution in [0.5, 0.6) is 0 Å². The Hall–Kier alpha value is 0.730. The Labute approximate surface area is 71.5 Å². The molecule has 1 saturated carbocycles. The monoisotopic (exact) mass is 238 g/mol. The summed E-state index contributed by atoms with van der Waals surface area (Å²) in [4.78, 5) is 0. The second-order valence-corrected chi connectivity index (χ2v) is 5.40. The average molecular weight is 238 g/mol. The normalized spacial score (nSPS) is 24.7. The summed E-state index contributed by atoms with van der Waals surface area (Å²) in [7, 11) is 0. The van der Waals surface area contributed by atoms with Gasteiger partial charge in [0.05, 0.1) is 0 Å². The van der Waals surface area contributed by atoms with E-state index in [0.29, 0.717) is 3.42 Å². The second kappa shape index (κ2) is 3.22. The molecule has 0 unspecified atom stereocenters. The molecule has 9 heavy (non-hydrogen) atoms. The first-order valence-electron chi connectivity index (χ1n) is 3.96. The van der Waals surface area contributed by atoms with Crippen molar-refractivity contribution in [1.29, 1.82) is 0 Å². The van der Waals surface area contributed by atoms with Crippen molar-refractivity contribution >= 4 is 22.6 Å². The third kappa shape index (κ3) is 2.10. The van der Waals surface area contributed by atoms with E-state index in [9.17, 15) is 0 Å². The Morgan fingerprint density at radius 2 is 1.89 bits per heavy atom. The van der Waals surface area contributed by atoms with Gasteiger partial charge in [0, 0.05) is 3.42 Å². The van der Waals surface area contributed by atoms with Gasteiger partial charge in [0.15, 0.2) is 0 Å². The molecular weight excluding hydrogens is 223 g/mol. The summed E-state index contributed by atoms with van der Waals surface area (Å²) in [5, 5.41) is 0. The van der Waals surface area contributed by atoms with Crippen molar-refractivity contribution < 1.29 is 0 Å². The van der Waals surface area contributed by atoms with Crippen LogP contribution in [0.15, 0.2) is 0 Å². The standard InChI is InChI=1S/C8H15I/c1-2-5-8(9)6-3-4-7-8/h2-7H2,1H3. The molecule has 0 radical (unpaired) electrons. The maximum Gasteiger partial charge on any atom is 0.0222 e. The molecule has 0 aliphatic heterocycles. The molecule has 54 valence electrons. The van der Waals surface area contributed by atoms with E-state index in [2.05, 4.69) is 29.5 Å². The third-order valence-corrected chi connectivity index (χ3v) is 3.82. The highest BCUT2D eigenvalue weighted by Gasteiger charge is 2.28. The molecule has 0 aromatic carbocycles. The van der Waals surface area contributed by atoms with Crippen LogP contribution in [-0.4, -0.2) is 3.42 Å². The molecule has 0 heterocycles. The van der Waals surface area contributed by atoms with Gasteiger partial charge in [-0.15, -0.1) is 0 Å². The predicted molar refractivity (Wildman–Crippen MR) is 50.1 cm³/mol. The van der Waals surface area contributed by atoms with Crippen LogP contribution in [0.4, 0.5) is 0 Å². The minimum atomic E-state index is 0.715. The molecule has 1 aliphatic rings. The van der Waals surface area contributed by atoms with E-state index in [1.165, 1.54) is 38.5 Å². The molecule has 1 aliphatic carbocycles. The number of hydrogen-bond donors (Lipinski definition) is 0. The first kappa shape index (κ1) is 7.83. The Kier molecular flexibility index (Phi) is 2.80. The molecule has 0 bridgehead atoms. The van der Waals surface area contributed by atoms with E-state index < -0.39 is 0 Å². The summed E-state index contributed by atoms with van der Waals surface area (Å²) < 4.78 is 0.715. The first-order chi connectivity index (χ1) is 4.27. The summed E-state index contributed by atoms with van der Waals surface area (Å²) >= 11 is 2.67. The molecule has 1 heteroatoms. The lowest BCUT2D eigenvalue weighted by Gasteiger charge is -2.19. The van der Waals surface area contributed by atoms with Gasteiger partial charge in [-0.05, 0) is 19.3 Å². The lowest BCUT2D eigenvalue weighted by Crippen LogP contribution is -2.13. The van der Waals surface area contributed by atoms with Crippen LogP contribution in [0.25, 0.3) is 0 Å². The Morgan fingerprint density at radius 1 is 1.33 bits per heavy atom. The fourth-order valence-electron chi connectivity index (χ4n) is 1.71. The van der Waals surface area contributed by atoms with E-state index in [1.54, 1.807) is 0 Å². The van der Waals surface area contributed by atoms with Crippen molar-refractivity contribution in [3.8, 4) is 0 Å². The molecule has 0 amide bonds. The van der Waals surface area contributed by atoms with Crippen molar-refractivity contribution in [3.63, 3.8) is 0 Å². The highest BCUT2D eigenvalue weighted by molar-refractivity contribution is 14.1. The van der Waals surface area contributed by atoms with E-state index in [0.717, 1.165) is 0 Å². The predicted octanol–water partition coefficient (Wildman–Crippen LogP) is 3.53. The fraction of sp³-hybridized carbons (Fsp3) is 1.00. The zero-order chi connectivity index (χ0) is 6.74. The third-order valence-electron chi connectivity index (χ3n) is 2.20. The zero-order valence-corrected chi connectivity index (χ0v) is 8.28. The number of hydrogen-bond acceptors (Lipinski definition) is 0. The van der Waals surface area contributed by atoms with Crippen molar-refractivity contribution in [2.75, 3.05) is 0 Å². The van der Waals surface area contributed by atoms with Crippen molar-refractivity contribution in [2.45, 2.75) is 48.9 Å². The van der Waals surface area contributed by atoms with Gasteiger partial charge in [-0.2, -0.15) is 0 Å². The van der Waals surface area contributed by atoms with Crippen LogP contribution in [0.2, 0.25) is 0 Å². The lowest BCUT2D eigenvalue weighted by molar-refractivity contribution is 0.576. The molecular formula is C8H15I. The molecule has 0 spiro atoms. The average Bonchev–Trinajstić information content (AvgIpc) is 2.16. The SMILES string of the molecule is CCCC1(I)CCCC1. The van der Waals surface area contributed by atoms with E-state index in [1.807, 2.05) is 0 Å². The maximum atomic E-state index is 2.67. The van der Waals surface area contributed by atoms with Crippen molar-refractivity contribution in [2.24, 2.45) is 0 Å². The summed E-state index contributed by atoms with van der Waals surface area (Å²) in [6.07, 6.45) is 8.70. The fourth-order valence-corrected chi connectivity index (χ4v) is 3.01. The highest BCUT2D eigenvalue weighted by atomic mass is 127. The van der Waals surface area contributed by atoms with Gasteiger partial charge in [-0.3, -0.25) is 0 Å². The molecule has 0 saturated heterocycles. The maximum absolute atomic E-state index is 2.67. The summed E-state index contributed by atoms with van der Waals surface area (Å²) in [5.41, 5.74) is 0. The smallest absolute Gasteiger partial charge is 0.0222 e. The van der Waals surface area contributed by atoms with Crippen molar-refractivity contribution in [1.82, 2.24) is 0 Å². The minimum Gasteiger partial charge on any atom is -0.0789 e. The Balaban J connectivity index is 2.32. The van der Waals surface area contributed by atoms with Crippen LogP contribution in [0, 0.1) is 0 Å². The summed E-state index contributed by atoms with van der Waals surface area (Å²) in [5.74, 6) is 0. The molecule has 0 N–H and O–H groups in total. The van der Waals surface area contributed by atoms with Crippen LogP contribution < -0.4 is 0 Å². The largest absolute Gasteiger partial charge is 0.0789 e. The topological polar surface area (TPSA) is 0 Å². The van der Waals surface area contributed by atoms with Gasteiger partial charge >= 0.3 is 0 Å².